The van der Waals surface area contributed by atoms with Gasteiger partial charge in [0.05, 0.1) is 26.4 Å². The van der Waals surface area contributed by atoms with Crippen molar-refractivity contribution >= 4 is 12.0 Å². The molecular weight excluding hydrogens is 336 g/mol. The zero-order chi connectivity index (χ0) is 19.0. The van der Waals surface area contributed by atoms with E-state index in [0.29, 0.717) is 32.9 Å². The van der Waals surface area contributed by atoms with Crippen LogP contribution >= 0.6 is 0 Å². The van der Waals surface area contributed by atoms with Crippen LogP contribution in [0.15, 0.2) is 30.3 Å². The molecule has 2 amide bonds. The van der Waals surface area contributed by atoms with Crippen molar-refractivity contribution in [1.82, 2.24) is 10.2 Å². The van der Waals surface area contributed by atoms with Gasteiger partial charge >= 0.3 is 6.09 Å². The van der Waals surface area contributed by atoms with Crippen LogP contribution in [-0.2, 0) is 25.6 Å². The number of amides is 2. The molecule has 0 bridgehead atoms. The molecule has 1 aromatic carbocycles. The number of hydrogen-bond acceptors (Lipinski definition) is 5. The van der Waals surface area contributed by atoms with E-state index in [2.05, 4.69) is 5.32 Å². The number of nitrogens with zero attached hydrogens (tertiary/aromatic N) is 1. The van der Waals surface area contributed by atoms with Crippen molar-refractivity contribution in [2.24, 2.45) is 0 Å². The fourth-order valence-corrected chi connectivity index (χ4v) is 2.50. The zero-order valence-electron chi connectivity index (χ0n) is 15.7. The summed E-state index contributed by atoms with van der Waals surface area (Å²) in [5, 5.41) is 2.64. The number of benzene rings is 1. The monoisotopic (exact) mass is 364 g/mol. The second kappa shape index (κ2) is 9.54. The maximum atomic E-state index is 12.8. The molecule has 1 aromatic rings. The van der Waals surface area contributed by atoms with Gasteiger partial charge in [-0.05, 0) is 26.3 Å². The molecule has 1 fully saturated rings. The quantitative estimate of drug-likeness (QED) is 0.835. The van der Waals surface area contributed by atoms with Gasteiger partial charge in [0, 0.05) is 13.1 Å². The number of hydrogen-bond donors (Lipinski definition) is 1. The summed E-state index contributed by atoms with van der Waals surface area (Å²) in [5.74, 6) is -0.188. The van der Waals surface area contributed by atoms with Crippen LogP contribution in [0.1, 0.15) is 26.3 Å². The third-order valence-electron chi connectivity index (χ3n) is 3.71. The standard InChI is InChI=1S/C19H28N2O5/c1-19(2,3)26-18(23)20-16(17(22)21-9-11-24-12-10-21)14-25-13-15-7-5-4-6-8-15/h4-8,16H,9-14H2,1-3H3,(H,20,23). The fourth-order valence-electron chi connectivity index (χ4n) is 2.50. The van der Waals surface area contributed by atoms with E-state index in [1.54, 1.807) is 25.7 Å². The number of ether oxygens (including phenoxy) is 3. The van der Waals surface area contributed by atoms with Crippen molar-refractivity contribution in [2.45, 2.75) is 39.0 Å². The predicted octanol–water partition coefficient (Wildman–Crippen LogP) is 1.96. The van der Waals surface area contributed by atoms with Crippen molar-refractivity contribution in [3.05, 3.63) is 35.9 Å². The lowest BCUT2D eigenvalue weighted by molar-refractivity contribution is -0.139. The summed E-state index contributed by atoms with van der Waals surface area (Å²) >= 11 is 0. The van der Waals surface area contributed by atoms with Gasteiger partial charge in [-0.3, -0.25) is 4.79 Å². The Morgan fingerprint density at radius 1 is 1.19 bits per heavy atom. The van der Waals surface area contributed by atoms with E-state index in [0.717, 1.165) is 5.56 Å². The summed E-state index contributed by atoms with van der Waals surface area (Å²) in [6.45, 7) is 7.76. The average molecular weight is 364 g/mol. The van der Waals surface area contributed by atoms with E-state index < -0.39 is 17.7 Å². The number of carbonyl (C=O) groups excluding carboxylic acids is 2. The van der Waals surface area contributed by atoms with Crippen molar-refractivity contribution in [3.8, 4) is 0 Å². The van der Waals surface area contributed by atoms with Crippen LogP contribution < -0.4 is 5.32 Å². The molecule has 0 saturated carbocycles. The molecule has 0 spiro atoms. The van der Waals surface area contributed by atoms with E-state index in [9.17, 15) is 9.59 Å². The van der Waals surface area contributed by atoms with Gasteiger partial charge in [-0.25, -0.2) is 4.79 Å². The highest BCUT2D eigenvalue weighted by molar-refractivity contribution is 5.86. The molecule has 26 heavy (non-hydrogen) atoms. The molecule has 1 unspecified atom stereocenters. The maximum Gasteiger partial charge on any atom is 0.408 e. The summed E-state index contributed by atoms with van der Waals surface area (Å²) < 4.78 is 16.2. The predicted molar refractivity (Wildman–Crippen MR) is 96.7 cm³/mol. The average Bonchev–Trinajstić information content (AvgIpc) is 2.60. The van der Waals surface area contributed by atoms with Crippen molar-refractivity contribution < 1.29 is 23.8 Å². The lowest BCUT2D eigenvalue weighted by Crippen LogP contribution is -2.54. The topological polar surface area (TPSA) is 77.1 Å². The van der Waals surface area contributed by atoms with Gasteiger partial charge in [-0.1, -0.05) is 30.3 Å². The lowest BCUT2D eigenvalue weighted by Gasteiger charge is -2.31. The third-order valence-corrected chi connectivity index (χ3v) is 3.71. The molecule has 1 saturated heterocycles. The van der Waals surface area contributed by atoms with E-state index in [-0.39, 0.29) is 12.5 Å². The van der Waals surface area contributed by atoms with Gasteiger partial charge in [0.15, 0.2) is 0 Å². The van der Waals surface area contributed by atoms with E-state index >= 15 is 0 Å². The first kappa shape index (κ1) is 20.2. The first-order valence-electron chi connectivity index (χ1n) is 8.83. The highest BCUT2D eigenvalue weighted by atomic mass is 16.6. The van der Waals surface area contributed by atoms with Gasteiger partial charge in [0.2, 0.25) is 5.91 Å². The Morgan fingerprint density at radius 2 is 1.85 bits per heavy atom. The van der Waals surface area contributed by atoms with Crippen LogP contribution in [0.3, 0.4) is 0 Å². The highest BCUT2D eigenvalue weighted by Crippen LogP contribution is 2.09. The third kappa shape index (κ3) is 7.01. The number of alkyl carbamates (subject to hydrolysis) is 1. The van der Waals surface area contributed by atoms with E-state index in [1.165, 1.54) is 0 Å². The summed E-state index contributed by atoms with van der Waals surface area (Å²) in [6, 6.07) is 8.87. The molecule has 7 heteroatoms. The Labute approximate surface area is 154 Å². The first-order valence-corrected chi connectivity index (χ1v) is 8.83. The summed E-state index contributed by atoms with van der Waals surface area (Å²) in [5.41, 5.74) is 0.365. The van der Waals surface area contributed by atoms with Crippen LogP contribution in [0, 0.1) is 0 Å². The number of nitrogens with one attached hydrogen (secondary N) is 1. The minimum atomic E-state index is -0.799. The molecule has 0 aromatic heterocycles. The fraction of sp³-hybridized carbons (Fsp3) is 0.579. The maximum absolute atomic E-state index is 12.8. The van der Waals surface area contributed by atoms with Crippen LogP contribution in [0.4, 0.5) is 4.79 Å². The Bertz CT molecular complexity index is 579. The molecule has 144 valence electrons. The summed E-state index contributed by atoms with van der Waals surface area (Å²) in [7, 11) is 0. The zero-order valence-corrected chi connectivity index (χ0v) is 15.7. The molecule has 1 atom stereocenters. The smallest absolute Gasteiger partial charge is 0.408 e. The molecule has 1 heterocycles. The van der Waals surface area contributed by atoms with Gasteiger partial charge in [-0.15, -0.1) is 0 Å². The second-order valence-corrected chi connectivity index (χ2v) is 7.14. The van der Waals surface area contributed by atoms with Crippen molar-refractivity contribution in [1.29, 1.82) is 0 Å². The molecular formula is C19H28N2O5. The Morgan fingerprint density at radius 3 is 2.46 bits per heavy atom. The minimum Gasteiger partial charge on any atom is -0.444 e. The largest absolute Gasteiger partial charge is 0.444 e. The van der Waals surface area contributed by atoms with Crippen molar-refractivity contribution in [2.75, 3.05) is 32.9 Å². The molecule has 0 radical (unpaired) electrons. The number of morpholine rings is 1. The van der Waals surface area contributed by atoms with Gasteiger partial charge in [-0.2, -0.15) is 0 Å². The molecule has 0 aliphatic carbocycles. The summed E-state index contributed by atoms with van der Waals surface area (Å²) in [4.78, 5) is 26.5. The molecule has 7 nitrogen and oxygen atoms in total. The van der Waals surface area contributed by atoms with E-state index in [1.807, 2.05) is 30.3 Å². The van der Waals surface area contributed by atoms with Gasteiger partial charge in [0.1, 0.15) is 11.6 Å². The van der Waals surface area contributed by atoms with Crippen LogP contribution in [0.25, 0.3) is 0 Å². The second-order valence-electron chi connectivity index (χ2n) is 7.14. The first-order chi connectivity index (χ1) is 12.3. The molecule has 1 aliphatic rings. The summed E-state index contributed by atoms with van der Waals surface area (Å²) in [6.07, 6.45) is -0.632. The Balaban J connectivity index is 1.95. The van der Waals surface area contributed by atoms with Crippen LogP contribution in [0.5, 0.6) is 0 Å². The van der Waals surface area contributed by atoms with Crippen molar-refractivity contribution in [3.63, 3.8) is 0 Å². The highest BCUT2D eigenvalue weighted by Gasteiger charge is 2.29. The number of carbonyl (C=O) groups is 2. The van der Waals surface area contributed by atoms with Gasteiger partial charge in [0.25, 0.3) is 0 Å². The SMILES string of the molecule is CC(C)(C)OC(=O)NC(COCc1ccccc1)C(=O)N1CCOCC1. The Hall–Kier alpha value is -2.12. The van der Waals surface area contributed by atoms with Crippen LogP contribution in [0.2, 0.25) is 0 Å². The van der Waals surface area contributed by atoms with Crippen LogP contribution in [-0.4, -0.2) is 61.5 Å². The Kier molecular flexibility index (Phi) is 7.41. The molecule has 1 N–H and O–H groups in total. The molecule has 1 aliphatic heterocycles. The minimum absolute atomic E-state index is 0.0737. The number of rotatable bonds is 6. The lowest BCUT2D eigenvalue weighted by atomic mass is 10.2. The normalized spacial score (nSPS) is 16.0. The van der Waals surface area contributed by atoms with Gasteiger partial charge < -0.3 is 24.4 Å². The van der Waals surface area contributed by atoms with E-state index in [4.69, 9.17) is 14.2 Å². The molecule has 2 rings (SSSR count).